The van der Waals surface area contributed by atoms with Gasteiger partial charge in [-0.25, -0.2) is 9.78 Å². The summed E-state index contributed by atoms with van der Waals surface area (Å²) in [6, 6.07) is -0.0101. The lowest BCUT2D eigenvalue weighted by atomic mass is 9.94. The zero-order valence-electron chi connectivity index (χ0n) is 14.1. The monoisotopic (exact) mass is 338 g/mol. The van der Waals surface area contributed by atoms with E-state index in [-0.39, 0.29) is 17.9 Å². The summed E-state index contributed by atoms with van der Waals surface area (Å²) < 4.78 is 0. The van der Waals surface area contributed by atoms with Crippen LogP contribution in [0.2, 0.25) is 0 Å². The van der Waals surface area contributed by atoms with Crippen LogP contribution in [-0.2, 0) is 4.79 Å². The maximum atomic E-state index is 12.4. The zero-order valence-corrected chi connectivity index (χ0v) is 14.9. The number of likely N-dealkylation sites (tertiary alicyclic amines) is 1. The highest BCUT2D eigenvalue weighted by Crippen LogP contribution is 2.23. The molecule has 1 aliphatic rings. The van der Waals surface area contributed by atoms with Crippen molar-refractivity contribution in [3.8, 4) is 0 Å². The van der Waals surface area contributed by atoms with Crippen LogP contribution >= 0.6 is 11.3 Å². The molecule has 1 N–H and O–H groups in total. The second-order valence-electron chi connectivity index (χ2n) is 6.51. The summed E-state index contributed by atoms with van der Waals surface area (Å²) in [5.41, 5.74) is 0. The molecule has 1 aromatic rings. The molecule has 3 amide bonds. The van der Waals surface area contributed by atoms with Crippen molar-refractivity contribution in [3.05, 3.63) is 11.6 Å². The van der Waals surface area contributed by atoms with E-state index in [0.29, 0.717) is 25.4 Å². The first kappa shape index (κ1) is 17.7. The molecule has 2 heterocycles. The van der Waals surface area contributed by atoms with E-state index < -0.39 is 0 Å². The number of hydrogen-bond acceptors (Lipinski definition) is 4. The molecule has 1 saturated heterocycles. The molecule has 6 nitrogen and oxygen atoms in total. The van der Waals surface area contributed by atoms with E-state index in [9.17, 15) is 9.59 Å². The molecular formula is C16H26N4O2S. The van der Waals surface area contributed by atoms with Gasteiger partial charge in [0.2, 0.25) is 5.91 Å². The number of rotatable bonds is 5. The van der Waals surface area contributed by atoms with Crippen molar-refractivity contribution in [1.82, 2.24) is 15.2 Å². The molecule has 128 valence electrons. The Hall–Kier alpha value is -1.63. The molecule has 0 aromatic carbocycles. The Morgan fingerprint density at radius 3 is 2.96 bits per heavy atom. The summed E-state index contributed by atoms with van der Waals surface area (Å²) in [7, 11) is 1.76. The van der Waals surface area contributed by atoms with Gasteiger partial charge in [-0.2, -0.15) is 0 Å². The molecule has 1 aliphatic heterocycles. The van der Waals surface area contributed by atoms with Crippen molar-refractivity contribution >= 4 is 28.4 Å². The van der Waals surface area contributed by atoms with Crippen LogP contribution in [-0.4, -0.2) is 48.5 Å². The third kappa shape index (κ3) is 5.20. The van der Waals surface area contributed by atoms with Gasteiger partial charge in [0.1, 0.15) is 0 Å². The van der Waals surface area contributed by atoms with Crippen LogP contribution in [0.25, 0.3) is 0 Å². The number of anilines is 1. The van der Waals surface area contributed by atoms with Crippen molar-refractivity contribution in [2.75, 3.05) is 31.6 Å². The van der Waals surface area contributed by atoms with Gasteiger partial charge < -0.3 is 10.2 Å². The third-order valence-electron chi connectivity index (χ3n) is 4.01. The Bertz CT molecular complexity index is 518. The Morgan fingerprint density at radius 2 is 2.30 bits per heavy atom. The highest BCUT2D eigenvalue weighted by molar-refractivity contribution is 7.13. The third-order valence-corrected chi connectivity index (χ3v) is 4.86. The van der Waals surface area contributed by atoms with Gasteiger partial charge in [-0.15, -0.1) is 11.3 Å². The van der Waals surface area contributed by atoms with Crippen LogP contribution < -0.4 is 10.2 Å². The summed E-state index contributed by atoms with van der Waals surface area (Å²) in [6.07, 6.45) is 4.11. The number of nitrogens with one attached hydrogen (secondary N) is 1. The lowest BCUT2D eigenvalue weighted by molar-refractivity contribution is -0.119. The van der Waals surface area contributed by atoms with Gasteiger partial charge in [-0.05, 0) is 24.7 Å². The highest BCUT2D eigenvalue weighted by atomic mass is 32.1. The van der Waals surface area contributed by atoms with Gasteiger partial charge in [-0.3, -0.25) is 9.69 Å². The minimum Gasteiger partial charge on any atom is -0.338 e. The summed E-state index contributed by atoms with van der Waals surface area (Å²) in [6.45, 7) is 6.27. The lowest BCUT2D eigenvalue weighted by Crippen LogP contribution is -2.47. The standard InChI is InChI=1S/C16H26N4O2S/c1-12(2)10-18-15(22)20-7-4-5-13(11-20)9-14(21)19(3)16-17-6-8-23-16/h6,8,12-13H,4-5,7,9-11H2,1-3H3,(H,18,22)/t13-/m1/s1. The SMILES string of the molecule is CC(C)CNC(=O)N1CCC[C@H](CC(=O)N(C)c2nccs2)C1. The number of hydrogen-bond donors (Lipinski definition) is 1. The predicted molar refractivity (Wildman–Crippen MR) is 92.7 cm³/mol. The number of nitrogens with zero attached hydrogens (tertiary/aromatic N) is 3. The fraction of sp³-hybridized carbons (Fsp3) is 0.688. The molecule has 0 radical (unpaired) electrons. The van der Waals surface area contributed by atoms with E-state index >= 15 is 0 Å². The van der Waals surface area contributed by atoms with E-state index in [2.05, 4.69) is 24.1 Å². The molecule has 0 saturated carbocycles. The maximum Gasteiger partial charge on any atom is 0.317 e. The average Bonchev–Trinajstić information content (AvgIpc) is 3.06. The fourth-order valence-corrected chi connectivity index (χ4v) is 3.32. The number of thiazole rings is 1. The molecule has 1 aromatic heterocycles. The van der Waals surface area contributed by atoms with Crippen molar-refractivity contribution in [1.29, 1.82) is 0 Å². The van der Waals surface area contributed by atoms with Crippen molar-refractivity contribution < 1.29 is 9.59 Å². The van der Waals surface area contributed by atoms with E-state index in [4.69, 9.17) is 0 Å². The Labute approximate surface area is 141 Å². The average molecular weight is 338 g/mol. The number of amides is 3. The summed E-state index contributed by atoms with van der Waals surface area (Å²) in [4.78, 5) is 32.2. The Balaban J connectivity index is 1.83. The van der Waals surface area contributed by atoms with Crippen molar-refractivity contribution in [3.63, 3.8) is 0 Å². The van der Waals surface area contributed by atoms with Crippen LogP contribution in [0.1, 0.15) is 33.1 Å². The van der Waals surface area contributed by atoms with Gasteiger partial charge in [0.05, 0.1) is 0 Å². The number of carbonyl (C=O) groups is 2. The van der Waals surface area contributed by atoms with Gasteiger partial charge >= 0.3 is 6.03 Å². The van der Waals surface area contributed by atoms with E-state index in [0.717, 1.165) is 24.5 Å². The van der Waals surface area contributed by atoms with Gasteiger partial charge in [0, 0.05) is 44.7 Å². The van der Waals surface area contributed by atoms with Gasteiger partial charge in [-0.1, -0.05) is 13.8 Å². The molecule has 0 unspecified atom stereocenters. The van der Waals surface area contributed by atoms with Crippen LogP contribution in [0.3, 0.4) is 0 Å². The summed E-state index contributed by atoms with van der Waals surface area (Å²) in [5, 5.41) is 5.54. The number of carbonyl (C=O) groups excluding carboxylic acids is 2. The quantitative estimate of drug-likeness (QED) is 0.897. The minimum absolute atomic E-state index is 0.0101. The first-order chi connectivity index (χ1) is 11.0. The van der Waals surface area contributed by atoms with Crippen LogP contribution in [0, 0.1) is 11.8 Å². The highest BCUT2D eigenvalue weighted by Gasteiger charge is 2.26. The van der Waals surface area contributed by atoms with Crippen LogP contribution in [0.5, 0.6) is 0 Å². The number of urea groups is 1. The molecule has 0 bridgehead atoms. The molecule has 7 heteroatoms. The van der Waals surface area contributed by atoms with E-state index in [1.807, 2.05) is 10.3 Å². The van der Waals surface area contributed by atoms with Gasteiger partial charge in [0.15, 0.2) is 5.13 Å². The molecule has 0 aliphatic carbocycles. The molecule has 23 heavy (non-hydrogen) atoms. The van der Waals surface area contributed by atoms with Gasteiger partial charge in [0.25, 0.3) is 0 Å². The molecule has 2 rings (SSSR count). The van der Waals surface area contributed by atoms with E-state index in [1.54, 1.807) is 18.1 Å². The fourth-order valence-electron chi connectivity index (χ4n) is 2.69. The van der Waals surface area contributed by atoms with Crippen molar-refractivity contribution in [2.45, 2.75) is 33.1 Å². The molecule has 1 fully saturated rings. The summed E-state index contributed by atoms with van der Waals surface area (Å²) in [5.74, 6) is 0.728. The van der Waals surface area contributed by atoms with Crippen LogP contribution in [0.15, 0.2) is 11.6 Å². The first-order valence-electron chi connectivity index (χ1n) is 8.16. The minimum atomic E-state index is -0.0101. The van der Waals surface area contributed by atoms with Crippen molar-refractivity contribution in [2.24, 2.45) is 11.8 Å². The smallest absolute Gasteiger partial charge is 0.317 e. The Kier molecular flexibility index (Phi) is 6.38. The zero-order chi connectivity index (χ0) is 16.8. The summed E-state index contributed by atoms with van der Waals surface area (Å²) >= 11 is 1.46. The lowest BCUT2D eigenvalue weighted by Gasteiger charge is -2.33. The van der Waals surface area contributed by atoms with E-state index in [1.165, 1.54) is 11.3 Å². The molecule has 0 spiro atoms. The molecular weight excluding hydrogens is 312 g/mol. The topological polar surface area (TPSA) is 65.5 Å². The normalized spacial score (nSPS) is 18.1. The van der Waals surface area contributed by atoms with Crippen LogP contribution in [0.4, 0.5) is 9.93 Å². The second kappa shape index (κ2) is 8.29. The second-order valence-corrected chi connectivity index (χ2v) is 7.38. The predicted octanol–water partition coefficient (Wildman–Crippen LogP) is 2.57. The first-order valence-corrected chi connectivity index (χ1v) is 9.04. The number of aromatic nitrogens is 1. The Morgan fingerprint density at radius 1 is 1.52 bits per heavy atom. The molecule has 1 atom stereocenters. The maximum absolute atomic E-state index is 12.4. The largest absolute Gasteiger partial charge is 0.338 e. The number of piperidine rings is 1.